The van der Waals surface area contributed by atoms with Crippen molar-refractivity contribution < 1.29 is 19.4 Å². The van der Waals surface area contributed by atoms with E-state index in [0.29, 0.717) is 30.3 Å². The van der Waals surface area contributed by atoms with Crippen LogP contribution in [-0.4, -0.2) is 51.4 Å². The molecule has 0 aliphatic carbocycles. The number of aliphatic hydroxyl groups excluding tert-OH is 1. The lowest BCUT2D eigenvalue weighted by atomic mass is 10.1. The van der Waals surface area contributed by atoms with E-state index in [9.17, 15) is 4.79 Å². The second-order valence-electron chi connectivity index (χ2n) is 6.18. The molecule has 26 heavy (non-hydrogen) atoms. The first kappa shape index (κ1) is 16.7. The van der Waals surface area contributed by atoms with Crippen LogP contribution in [0.3, 0.4) is 0 Å². The Morgan fingerprint density at radius 2 is 2.12 bits per heavy atom. The van der Waals surface area contributed by atoms with Crippen molar-refractivity contribution in [3.8, 4) is 17.1 Å². The summed E-state index contributed by atoms with van der Waals surface area (Å²) >= 11 is 0. The van der Waals surface area contributed by atoms with Gasteiger partial charge in [-0.1, -0.05) is 18.2 Å². The standard InChI is InChI=1S/C19H19N3O4/c23-12-17(24)14-3-1-2-13(10-14)16-11-20-18-4-5-19(21-22(16)18)26-15-6-8-25-9-7-15/h1-5,10-11,15,23H,6-9,12H2. The van der Waals surface area contributed by atoms with Crippen LogP contribution in [0.25, 0.3) is 16.9 Å². The number of hydrogen-bond donors (Lipinski definition) is 1. The van der Waals surface area contributed by atoms with Gasteiger partial charge >= 0.3 is 0 Å². The van der Waals surface area contributed by atoms with Crippen LogP contribution in [0.1, 0.15) is 23.2 Å². The van der Waals surface area contributed by atoms with Gasteiger partial charge in [0.1, 0.15) is 12.7 Å². The van der Waals surface area contributed by atoms with E-state index < -0.39 is 6.61 Å². The van der Waals surface area contributed by atoms with Gasteiger partial charge in [0.15, 0.2) is 11.4 Å². The van der Waals surface area contributed by atoms with Crippen LogP contribution in [0.4, 0.5) is 0 Å². The first-order valence-corrected chi connectivity index (χ1v) is 8.58. The molecule has 4 rings (SSSR count). The number of aromatic nitrogens is 3. The van der Waals surface area contributed by atoms with Gasteiger partial charge in [-0.2, -0.15) is 0 Å². The Morgan fingerprint density at radius 1 is 1.27 bits per heavy atom. The second-order valence-corrected chi connectivity index (χ2v) is 6.18. The minimum atomic E-state index is -0.516. The van der Waals surface area contributed by atoms with Crippen molar-refractivity contribution in [1.82, 2.24) is 14.6 Å². The average molecular weight is 353 g/mol. The van der Waals surface area contributed by atoms with E-state index >= 15 is 0 Å². The lowest BCUT2D eigenvalue weighted by Gasteiger charge is -2.22. The molecule has 3 aromatic rings. The normalized spacial score (nSPS) is 15.3. The fraction of sp³-hybridized carbons (Fsp3) is 0.316. The summed E-state index contributed by atoms with van der Waals surface area (Å²) in [7, 11) is 0. The van der Waals surface area contributed by atoms with Gasteiger partial charge in [0, 0.05) is 30.0 Å². The molecule has 7 heteroatoms. The Bertz CT molecular complexity index is 931. The van der Waals surface area contributed by atoms with E-state index in [4.69, 9.17) is 14.6 Å². The minimum Gasteiger partial charge on any atom is -0.473 e. The highest BCUT2D eigenvalue weighted by Gasteiger charge is 2.17. The van der Waals surface area contributed by atoms with Gasteiger partial charge in [0.25, 0.3) is 0 Å². The van der Waals surface area contributed by atoms with Crippen LogP contribution in [0, 0.1) is 0 Å². The summed E-state index contributed by atoms with van der Waals surface area (Å²) in [5.74, 6) is 0.211. The van der Waals surface area contributed by atoms with E-state index in [2.05, 4.69) is 10.1 Å². The van der Waals surface area contributed by atoms with E-state index in [0.717, 1.165) is 24.1 Å². The van der Waals surface area contributed by atoms with Crippen molar-refractivity contribution in [2.75, 3.05) is 19.8 Å². The molecule has 7 nitrogen and oxygen atoms in total. The molecule has 1 aromatic carbocycles. The van der Waals surface area contributed by atoms with Crippen molar-refractivity contribution in [2.45, 2.75) is 18.9 Å². The summed E-state index contributed by atoms with van der Waals surface area (Å²) in [5.41, 5.74) is 2.70. The molecule has 0 amide bonds. The number of aliphatic hydroxyl groups is 1. The Morgan fingerprint density at radius 3 is 2.92 bits per heavy atom. The number of fused-ring (bicyclic) bond motifs is 1. The smallest absolute Gasteiger partial charge is 0.232 e. The van der Waals surface area contributed by atoms with Gasteiger partial charge in [-0.25, -0.2) is 9.50 Å². The maximum atomic E-state index is 11.8. The zero-order valence-electron chi connectivity index (χ0n) is 14.2. The lowest BCUT2D eigenvalue weighted by Crippen LogP contribution is -2.26. The monoisotopic (exact) mass is 353 g/mol. The molecule has 1 aliphatic rings. The first-order chi connectivity index (χ1) is 12.7. The molecule has 1 aliphatic heterocycles. The fourth-order valence-electron chi connectivity index (χ4n) is 3.02. The highest BCUT2D eigenvalue weighted by Crippen LogP contribution is 2.23. The number of carbonyl (C=O) groups excluding carboxylic acids is 1. The molecule has 0 saturated carbocycles. The number of Topliss-reactive ketones (excluding diaryl/α,β-unsaturated/α-hetero) is 1. The van der Waals surface area contributed by atoms with Crippen molar-refractivity contribution in [1.29, 1.82) is 0 Å². The average Bonchev–Trinajstić information content (AvgIpc) is 3.11. The predicted molar refractivity (Wildman–Crippen MR) is 94.3 cm³/mol. The van der Waals surface area contributed by atoms with E-state index in [-0.39, 0.29) is 11.9 Å². The van der Waals surface area contributed by atoms with Crippen LogP contribution in [0.2, 0.25) is 0 Å². The van der Waals surface area contributed by atoms with E-state index in [1.165, 1.54) is 0 Å². The Kier molecular flexibility index (Phi) is 4.64. The molecule has 0 atom stereocenters. The zero-order valence-corrected chi connectivity index (χ0v) is 14.2. The molecule has 0 spiro atoms. The van der Waals surface area contributed by atoms with Crippen molar-refractivity contribution >= 4 is 11.4 Å². The van der Waals surface area contributed by atoms with Gasteiger partial charge in [0.05, 0.1) is 25.1 Å². The number of ether oxygens (including phenoxy) is 2. The number of hydrogen-bond acceptors (Lipinski definition) is 6. The largest absolute Gasteiger partial charge is 0.473 e. The zero-order chi connectivity index (χ0) is 17.9. The Hall–Kier alpha value is -2.77. The molecule has 2 aromatic heterocycles. The summed E-state index contributed by atoms with van der Waals surface area (Å²) in [6.07, 6.45) is 3.51. The van der Waals surface area contributed by atoms with Crippen molar-refractivity contribution in [3.63, 3.8) is 0 Å². The van der Waals surface area contributed by atoms with Crippen LogP contribution in [-0.2, 0) is 4.74 Å². The van der Waals surface area contributed by atoms with Crippen LogP contribution < -0.4 is 4.74 Å². The van der Waals surface area contributed by atoms with Gasteiger partial charge < -0.3 is 14.6 Å². The highest BCUT2D eigenvalue weighted by atomic mass is 16.5. The third-order valence-electron chi connectivity index (χ3n) is 4.42. The molecular weight excluding hydrogens is 334 g/mol. The Balaban J connectivity index is 1.67. The number of nitrogens with zero attached hydrogens (tertiary/aromatic N) is 3. The summed E-state index contributed by atoms with van der Waals surface area (Å²) in [6, 6.07) is 10.7. The number of carbonyl (C=O) groups is 1. The quantitative estimate of drug-likeness (QED) is 0.707. The van der Waals surface area contributed by atoms with Crippen LogP contribution in [0.15, 0.2) is 42.6 Å². The topological polar surface area (TPSA) is 86.0 Å². The molecule has 3 heterocycles. The number of ketones is 1. The fourth-order valence-corrected chi connectivity index (χ4v) is 3.02. The van der Waals surface area contributed by atoms with Crippen molar-refractivity contribution in [3.05, 3.63) is 48.2 Å². The maximum absolute atomic E-state index is 11.8. The Labute approximate surface area is 150 Å². The van der Waals surface area contributed by atoms with Crippen LogP contribution >= 0.6 is 0 Å². The summed E-state index contributed by atoms with van der Waals surface area (Å²) in [4.78, 5) is 16.1. The molecular formula is C19H19N3O4. The summed E-state index contributed by atoms with van der Waals surface area (Å²) in [5, 5.41) is 13.6. The van der Waals surface area contributed by atoms with Gasteiger partial charge in [0.2, 0.25) is 5.88 Å². The molecule has 1 fully saturated rings. The number of rotatable bonds is 5. The molecule has 134 valence electrons. The second kappa shape index (κ2) is 7.23. The predicted octanol–water partition coefficient (Wildman–Crippen LogP) is 2.13. The maximum Gasteiger partial charge on any atom is 0.232 e. The van der Waals surface area contributed by atoms with Crippen LogP contribution in [0.5, 0.6) is 5.88 Å². The highest BCUT2D eigenvalue weighted by molar-refractivity contribution is 5.97. The molecule has 0 bridgehead atoms. The molecule has 1 saturated heterocycles. The number of imidazole rings is 1. The lowest BCUT2D eigenvalue weighted by molar-refractivity contribution is 0.0232. The van der Waals surface area contributed by atoms with E-state index in [1.54, 1.807) is 28.9 Å². The third-order valence-corrected chi connectivity index (χ3v) is 4.42. The van der Waals surface area contributed by atoms with Gasteiger partial charge in [-0.05, 0) is 12.1 Å². The van der Waals surface area contributed by atoms with Gasteiger partial charge in [-0.15, -0.1) is 5.10 Å². The SMILES string of the molecule is O=C(CO)c1cccc(-c2cnc3ccc(OC4CCOCC4)nn23)c1. The van der Waals surface area contributed by atoms with Crippen molar-refractivity contribution in [2.24, 2.45) is 0 Å². The summed E-state index contributed by atoms with van der Waals surface area (Å²) in [6.45, 7) is 0.891. The van der Waals surface area contributed by atoms with Gasteiger partial charge in [-0.3, -0.25) is 4.79 Å². The van der Waals surface area contributed by atoms with E-state index in [1.807, 2.05) is 18.2 Å². The molecule has 1 N–H and O–H groups in total. The minimum absolute atomic E-state index is 0.103. The number of benzene rings is 1. The molecule has 0 radical (unpaired) electrons. The molecule has 0 unspecified atom stereocenters. The summed E-state index contributed by atoms with van der Waals surface area (Å²) < 4.78 is 13.0. The first-order valence-electron chi connectivity index (χ1n) is 8.58. The third kappa shape index (κ3) is 3.31.